The first-order chi connectivity index (χ1) is 9.75. The van der Waals surface area contributed by atoms with Crippen molar-refractivity contribution in [2.45, 2.75) is 6.42 Å². The lowest BCUT2D eigenvalue weighted by Gasteiger charge is -2.10. The maximum atomic E-state index is 5.81. The van der Waals surface area contributed by atoms with Gasteiger partial charge in [-0.2, -0.15) is 0 Å². The van der Waals surface area contributed by atoms with Gasteiger partial charge in [-0.25, -0.2) is 0 Å². The number of methoxy groups -OCH3 is 2. The Morgan fingerprint density at radius 1 is 0.800 bits per heavy atom. The van der Waals surface area contributed by atoms with Crippen LogP contribution in [0.5, 0.6) is 23.0 Å². The van der Waals surface area contributed by atoms with E-state index in [-0.39, 0.29) is 0 Å². The molecule has 2 N–H and O–H groups in total. The van der Waals surface area contributed by atoms with E-state index in [4.69, 9.17) is 19.9 Å². The number of hydrogen-bond donors (Lipinski definition) is 1. The van der Waals surface area contributed by atoms with Crippen molar-refractivity contribution in [1.82, 2.24) is 0 Å². The van der Waals surface area contributed by atoms with Gasteiger partial charge in [0.25, 0.3) is 0 Å². The molecular formula is C16H19NO3. The van der Waals surface area contributed by atoms with Crippen molar-refractivity contribution in [3.05, 3.63) is 48.0 Å². The van der Waals surface area contributed by atoms with Crippen LogP contribution in [0.4, 0.5) is 0 Å². The summed E-state index contributed by atoms with van der Waals surface area (Å²) in [6.07, 6.45) is 0.868. The maximum Gasteiger partial charge on any atom is 0.134 e. The van der Waals surface area contributed by atoms with Crippen molar-refractivity contribution in [2.24, 2.45) is 5.73 Å². The Kier molecular flexibility index (Phi) is 4.85. The third-order valence-corrected chi connectivity index (χ3v) is 2.92. The van der Waals surface area contributed by atoms with Crippen LogP contribution in [0.3, 0.4) is 0 Å². The molecule has 4 nitrogen and oxygen atoms in total. The molecule has 0 aliphatic carbocycles. The van der Waals surface area contributed by atoms with Crippen molar-refractivity contribution in [3.8, 4) is 23.0 Å². The molecule has 0 bridgehead atoms. The van der Waals surface area contributed by atoms with Crippen LogP contribution in [0.2, 0.25) is 0 Å². The molecule has 0 aliphatic heterocycles. The van der Waals surface area contributed by atoms with E-state index in [9.17, 15) is 0 Å². The molecule has 0 heterocycles. The van der Waals surface area contributed by atoms with E-state index in [0.717, 1.165) is 12.2 Å². The molecule has 106 valence electrons. The molecule has 2 aromatic carbocycles. The van der Waals surface area contributed by atoms with Gasteiger partial charge in [0.05, 0.1) is 14.2 Å². The maximum absolute atomic E-state index is 5.81. The molecule has 4 heteroatoms. The number of nitrogens with two attached hydrogens (primary N) is 1. The smallest absolute Gasteiger partial charge is 0.134 e. The van der Waals surface area contributed by atoms with Gasteiger partial charge in [0.1, 0.15) is 23.0 Å². The molecular weight excluding hydrogens is 254 g/mol. The first kappa shape index (κ1) is 14.2. The second-order valence-corrected chi connectivity index (χ2v) is 4.33. The zero-order valence-corrected chi connectivity index (χ0v) is 11.8. The highest BCUT2D eigenvalue weighted by atomic mass is 16.5. The number of hydrogen-bond acceptors (Lipinski definition) is 4. The first-order valence-electron chi connectivity index (χ1n) is 6.45. The minimum Gasteiger partial charge on any atom is -0.496 e. The Labute approximate surface area is 119 Å². The molecule has 2 rings (SSSR count). The molecule has 20 heavy (non-hydrogen) atoms. The van der Waals surface area contributed by atoms with Gasteiger partial charge in [-0.1, -0.05) is 12.1 Å². The standard InChI is InChI=1S/C16H19NO3/c1-18-14-9-15(19-2)11-16(10-14)20-13-5-3-12(4-6-13)7-8-17/h3-6,9-11H,7-8,17H2,1-2H3. The quantitative estimate of drug-likeness (QED) is 0.879. The van der Waals surface area contributed by atoms with E-state index in [1.165, 1.54) is 5.56 Å². The van der Waals surface area contributed by atoms with Gasteiger partial charge in [0.2, 0.25) is 0 Å². The lowest BCUT2D eigenvalue weighted by atomic mass is 10.1. The third-order valence-electron chi connectivity index (χ3n) is 2.92. The lowest BCUT2D eigenvalue weighted by molar-refractivity contribution is 0.386. The Hall–Kier alpha value is -2.20. The fraction of sp³-hybridized carbons (Fsp3) is 0.250. The minimum absolute atomic E-state index is 0.646. The lowest BCUT2D eigenvalue weighted by Crippen LogP contribution is -2.02. The second kappa shape index (κ2) is 6.82. The van der Waals surface area contributed by atoms with Crippen LogP contribution in [0.15, 0.2) is 42.5 Å². The minimum atomic E-state index is 0.646. The third kappa shape index (κ3) is 3.65. The van der Waals surface area contributed by atoms with E-state index in [2.05, 4.69) is 0 Å². The summed E-state index contributed by atoms with van der Waals surface area (Å²) in [5, 5.41) is 0. The summed E-state index contributed by atoms with van der Waals surface area (Å²) in [7, 11) is 3.22. The molecule has 0 saturated heterocycles. The van der Waals surface area contributed by atoms with Gasteiger partial charge < -0.3 is 19.9 Å². The second-order valence-electron chi connectivity index (χ2n) is 4.33. The summed E-state index contributed by atoms with van der Waals surface area (Å²) in [6.45, 7) is 0.646. The van der Waals surface area contributed by atoms with E-state index >= 15 is 0 Å². The van der Waals surface area contributed by atoms with Gasteiger partial charge in [0, 0.05) is 18.2 Å². The largest absolute Gasteiger partial charge is 0.496 e. The Morgan fingerprint density at radius 2 is 1.35 bits per heavy atom. The summed E-state index contributed by atoms with van der Waals surface area (Å²) in [4.78, 5) is 0. The van der Waals surface area contributed by atoms with Crippen LogP contribution in [-0.4, -0.2) is 20.8 Å². The SMILES string of the molecule is COc1cc(OC)cc(Oc2ccc(CCN)cc2)c1. The average molecular weight is 273 g/mol. The average Bonchev–Trinajstić information content (AvgIpc) is 2.49. The number of benzene rings is 2. The van der Waals surface area contributed by atoms with E-state index in [0.29, 0.717) is 23.8 Å². The molecule has 2 aromatic rings. The van der Waals surface area contributed by atoms with Crippen LogP contribution >= 0.6 is 0 Å². The molecule has 0 aromatic heterocycles. The summed E-state index contributed by atoms with van der Waals surface area (Å²) in [5.41, 5.74) is 6.72. The van der Waals surface area contributed by atoms with E-state index < -0.39 is 0 Å². The van der Waals surface area contributed by atoms with Crippen molar-refractivity contribution >= 4 is 0 Å². The van der Waals surface area contributed by atoms with Crippen molar-refractivity contribution in [3.63, 3.8) is 0 Å². The normalized spacial score (nSPS) is 10.2. The molecule has 0 amide bonds. The van der Waals surface area contributed by atoms with Crippen LogP contribution in [0, 0.1) is 0 Å². The van der Waals surface area contributed by atoms with Gasteiger partial charge in [0.15, 0.2) is 0 Å². The predicted octanol–water partition coefficient (Wildman–Crippen LogP) is 3.00. The summed E-state index contributed by atoms with van der Waals surface area (Å²) >= 11 is 0. The fourth-order valence-corrected chi connectivity index (χ4v) is 1.87. The topological polar surface area (TPSA) is 53.7 Å². The zero-order chi connectivity index (χ0) is 14.4. The van der Waals surface area contributed by atoms with Gasteiger partial charge in [-0.15, -0.1) is 0 Å². The number of rotatable bonds is 6. The summed E-state index contributed by atoms with van der Waals surface area (Å²) in [5.74, 6) is 2.83. The van der Waals surface area contributed by atoms with Gasteiger partial charge in [-0.05, 0) is 30.7 Å². The molecule has 0 spiro atoms. The molecule has 0 aliphatic rings. The Bertz CT molecular complexity index is 530. The van der Waals surface area contributed by atoms with Gasteiger partial charge >= 0.3 is 0 Å². The molecule has 0 saturated carbocycles. The molecule has 0 fully saturated rings. The summed E-state index contributed by atoms with van der Waals surface area (Å²) in [6, 6.07) is 13.3. The van der Waals surface area contributed by atoms with E-state index in [1.54, 1.807) is 20.3 Å². The highest BCUT2D eigenvalue weighted by molar-refractivity contribution is 5.44. The summed E-state index contributed by atoms with van der Waals surface area (Å²) < 4.78 is 16.2. The van der Waals surface area contributed by atoms with Crippen molar-refractivity contribution < 1.29 is 14.2 Å². The zero-order valence-electron chi connectivity index (χ0n) is 11.8. The first-order valence-corrected chi connectivity index (χ1v) is 6.45. The highest BCUT2D eigenvalue weighted by Crippen LogP contribution is 2.30. The Balaban J connectivity index is 2.16. The van der Waals surface area contributed by atoms with Crippen LogP contribution in [-0.2, 0) is 6.42 Å². The fourth-order valence-electron chi connectivity index (χ4n) is 1.87. The monoisotopic (exact) mass is 273 g/mol. The molecule has 0 atom stereocenters. The molecule has 0 radical (unpaired) electrons. The van der Waals surface area contributed by atoms with Crippen LogP contribution in [0.1, 0.15) is 5.56 Å². The number of ether oxygens (including phenoxy) is 3. The Morgan fingerprint density at radius 3 is 1.85 bits per heavy atom. The van der Waals surface area contributed by atoms with E-state index in [1.807, 2.05) is 36.4 Å². The van der Waals surface area contributed by atoms with Crippen LogP contribution in [0.25, 0.3) is 0 Å². The van der Waals surface area contributed by atoms with Gasteiger partial charge in [-0.3, -0.25) is 0 Å². The predicted molar refractivity (Wildman–Crippen MR) is 78.8 cm³/mol. The van der Waals surface area contributed by atoms with Crippen LogP contribution < -0.4 is 19.9 Å². The van der Waals surface area contributed by atoms with Crippen molar-refractivity contribution in [2.75, 3.05) is 20.8 Å². The highest BCUT2D eigenvalue weighted by Gasteiger charge is 2.04. The van der Waals surface area contributed by atoms with Crippen molar-refractivity contribution in [1.29, 1.82) is 0 Å². The molecule has 0 unspecified atom stereocenters.